The van der Waals surface area contributed by atoms with Crippen LogP contribution in [0.2, 0.25) is 0 Å². The largest absolute Gasteiger partial charge is 0.363 e. The van der Waals surface area contributed by atoms with E-state index in [1.165, 1.54) is 0 Å². The maximum atomic E-state index is 9.41. The summed E-state index contributed by atoms with van der Waals surface area (Å²) in [5.74, 6) is 0. The Labute approximate surface area is 73.2 Å². The van der Waals surface area contributed by atoms with Gasteiger partial charge in [-0.15, -0.1) is 0 Å². The van der Waals surface area contributed by atoms with E-state index in [1.54, 1.807) is 5.01 Å². The van der Waals surface area contributed by atoms with Crippen LogP contribution in [0.25, 0.3) is 0 Å². The van der Waals surface area contributed by atoms with Gasteiger partial charge in [0.05, 0.1) is 0 Å². The summed E-state index contributed by atoms with van der Waals surface area (Å²) < 4.78 is 0. The van der Waals surface area contributed by atoms with Crippen molar-refractivity contribution in [1.82, 2.24) is 21.1 Å². The fraction of sp³-hybridized carbons (Fsp3) is 1.00. The molecule has 0 amide bonds. The van der Waals surface area contributed by atoms with Gasteiger partial charge in [-0.1, -0.05) is 13.8 Å². The Kier molecular flexibility index (Phi) is 3.42. The summed E-state index contributed by atoms with van der Waals surface area (Å²) >= 11 is 0. The quantitative estimate of drug-likeness (QED) is 0.544. The number of aliphatic hydroxyl groups is 1. The summed E-state index contributed by atoms with van der Waals surface area (Å²) in [6.45, 7) is 6.94. The van der Waals surface area contributed by atoms with Crippen LogP contribution < -0.4 is 11.0 Å². The SMILES string of the molecule is CCC(C)N1NC(O)N(CC)N1. The van der Waals surface area contributed by atoms with Crippen molar-refractivity contribution in [1.29, 1.82) is 0 Å². The summed E-state index contributed by atoms with van der Waals surface area (Å²) in [7, 11) is 0. The van der Waals surface area contributed by atoms with E-state index in [4.69, 9.17) is 0 Å². The maximum Gasteiger partial charge on any atom is 0.190 e. The number of nitrogens with zero attached hydrogens (tertiary/aromatic N) is 2. The normalized spacial score (nSPS) is 29.5. The predicted octanol–water partition coefficient (Wildman–Crippen LogP) is -0.377. The van der Waals surface area contributed by atoms with E-state index >= 15 is 0 Å². The minimum absolute atomic E-state index is 0.371. The van der Waals surface area contributed by atoms with Crippen molar-refractivity contribution in [3.05, 3.63) is 0 Å². The van der Waals surface area contributed by atoms with Gasteiger partial charge in [0.25, 0.3) is 0 Å². The molecule has 5 heteroatoms. The fourth-order valence-electron chi connectivity index (χ4n) is 1.07. The minimum atomic E-state index is -0.607. The Morgan fingerprint density at radius 2 is 2.17 bits per heavy atom. The van der Waals surface area contributed by atoms with E-state index in [-0.39, 0.29) is 0 Å². The molecule has 1 aliphatic rings. The van der Waals surface area contributed by atoms with Crippen LogP contribution in [-0.4, -0.2) is 34.2 Å². The molecule has 0 aromatic carbocycles. The first kappa shape index (κ1) is 9.88. The Morgan fingerprint density at radius 3 is 2.58 bits per heavy atom. The molecule has 1 fully saturated rings. The predicted molar refractivity (Wildman–Crippen MR) is 46.3 cm³/mol. The van der Waals surface area contributed by atoms with E-state index in [0.29, 0.717) is 6.04 Å². The third kappa shape index (κ3) is 1.94. The topological polar surface area (TPSA) is 50.8 Å². The van der Waals surface area contributed by atoms with Gasteiger partial charge in [0, 0.05) is 12.6 Å². The molecule has 0 aliphatic carbocycles. The molecular formula is C7H18N4O. The summed E-state index contributed by atoms with van der Waals surface area (Å²) in [6.07, 6.45) is 0.425. The molecule has 1 saturated heterocycles. The highest BCUT2D eigenvalue weighted by Gasteiger charge is 2.28. The monoisotopic (exact) mass is 174 g/mol. The van der Waals surface area contributed by atoms with Gasteiger partial charge in [-0.3, -0.25) is 0 Å². The lowest BCUT2D eigenvalue weighted by atomic mass is 10.3. The summed E-state index contributed by atoms with van der Waals surface area (Å²) in [5, 5.41) is 13.0. The maximum absolute atomic E-state index is 9.41. The zero-order valence-corrected chi connectivity index (χ0v) is 7.91. The highest BCUT2D eigenvalue weighted by Crippen LogP contribution is 2.05. The number of hydrogen-bond donors (Lipinski definition) is 3. The molecule has 3 N–H and O–H groups in total. The Morgan fingerprint density at radius 1 is 1.50 bits per heavy atom. The molecule has 0 spiro atoms. The second-order valence-electron chi connectivity index (χ2n) is 3.02. The third-order valence-electron chi connectivity index (χ3n) is 2.16. The molecule has 2 atom stereocenters. The number of nitrogens with one attached hydrogen (secondary N) is 2. The van der Waals surface area contributed by atoms with Gasteiger partial charge in [0.15, 0.2) is 6.35 Å². The molecule has 0 aromatic rings. The first-order chi connectivity index (χ1) is 5.69. The van der Waals surface area contributed by atoms with E-state index in [9.17, 15) is 5.11 Å². The van der Waals surface area contributed by atoms with Gasteiger partial charge >= 0.3 is 0 Å². The zero-order valence-electron chi connectivity index (χ0n) is 7.91. The standard InChI is InChI=1S/C7H18N4O/c1-4-6(3)11-8-7(12)10(5-2)9-11/h6-9,12H,4-5H2,1-3H3. The van der Waals surface area contributed by atoms with Gasteiger partial charge in [-0.25, -0.2) is 0 Å². The summed E-state index contributed by atoms with van der Waals surface area (Å²) in [5.41, 5.74) is 5.96. The summed E-state index contributed by atoms with van der Waals surface area (Å²) in [6, 6.07) is 0.371. The lowest BCUT2D eigenvalue weighted by Crippen LogP contribution is -2.47. The Balaban J connectivity index is 2.42. The van der Waals surface area contributed by atoms with Crippen molar-refractivity contribution < 1.29 is 5.11 Å². The van der Waals surface area contributed by atoms with Crippen LogP contribution in [0.3, 0.4) is 0 Å². The van der Waals surface area contributed by atoms with E-state index in [2.05, 4.69) is 24.8 Å². The Hall–Kier alpha value is -0.200. The van der Waals surface area contributed by atoms with Gasteiger partial charge < -0.3 is 5.11 Å². The van der Waals surface area contributed by atoms with Crippen LogP contribution in [-0.2, 0) is 0 Å². The Bertz CT molecular complexity index is 143. The van der Waals surface area contributed by atoms with Crippen LogP contribution in [0.1, 0.15) is 27.2 Å². The van der Waals surface area contributed by atoms with Gasteiger partial charge in [-0.05, 0) is 13.3 Å². The average molecular weight is 174 g/mol. The van der Waals surface area contributed by atoms with Crippen molar-refractivity contribution in [3.8, 4) is 0 Å². The minimum Gasteiger partial charge on any atom is -0.363 e. The van der Waals surface area contributed by atoms with Gasteiger partial charge in [-0.2, -0.15) is 21.1 Å². The van der Waals surface area contributed by atoms with Crippen molar-refractivity contribution >= 4 is 0 Å². The molecular weight excluding hydrogens is 156 g/mol. The first-order valence-corrected chi connectivity index (χ1v) is 4.45. The van der Waals surface area contributed by atoms with E-state index in [1.807, 2.05) is 12.0 Å². The van der Waals surface area contributed by atoms with Crippen LogP contribution in [0.5, 0.6) is 0 Å². The molecule has 12 heavy (non-hydrogen) atoms. The first-order valence-electron chi connectivity index (χ1n) is 4.45. The second-order valence-corrected chi connectivity index (χ2v) is 3.02. The van der Waals surface area contributed by atoms with Crippen LogP contribution in [0, 0.1) is 0 Å². The van der Waals surface area contributed by atoms with E-state index in [0.717, 1.165) is 13.0 Å². The molecule has 5 nitrogen and oxygen atoms in total. The molecule has 0 aromatic heterocycles. The van der Waals surface area contributed by atoms with Crippen LogP contribution in [0.4, 0.5) is 0 Å². The van der Waals surface area contributed by atoms with Crippen LogP contribution >= 0.6 is 0 Å². The van der Waals surface area contributed by atoms with Crippen molar-refractivity contribution in [2.45, 2.75) is 39.6 Å². The summed E-state index contributed by atoms with van der Waals surface area (Å²) in [4.78, 5) is 0. The highest BCUT2D eigenvalue weighted by molar-refractivity contribution is 4.64. The molecule has 0 saturated carbocycles. The van der Waals surface area contributed by atoms with Crippen molar-refractivity contribution in [3.63, 3.8) is 0 Å². The number of rotatable bonds is 3. The fourth-order valence-corrected chi connectivity index (χ4v) is 1.07. The van der Waals surface area contributed by atoms with Crippen molar-refractivity contribution in [2.24, 2.45) is 0 Å². The molecule has 0 bridgehead atoms. The van der Waals surface area contributed by atoms with Crippen LogP contribution in [0.15, 0.2) is 0 Å². The van der Waals surface area contributed by atoms with Gasteiger partial charge in [0.1, 0.15) is 0 Å². The number of aliphatic hydroxyl groups excluding tert-OH is 1. The van der Waals surface area contributed by atoms with E-state index < -0.39 is 6.35 Å². The average Bonchev–Trinajstić information content (AvgIpc) is 2.45. The molecule has 1 aliphatic heterocycles. The number of hydrogen-bond acceptors (Lipinski definition) is 5. The molecule has 0 radical (unpaired) electrons. The van der Waals surface area contributed by atoms with Gasteiger partial charge in [0.2, 0.25) is 0 Å². The lowest BCUT2D eigenvalue weighted by Gasteiger charge is -2.22. The molecule has 1 heterocycles. The molecule has 2 unspecified atom stereocenters. The zero-order chi connectivity index (χ0) is 9.14. The highest BCUT2D eigenvalue weighted by atomic mass is 16.3. The lowest BCUT2D eigenvalue weighted by molar-refractivity contribution is 0.00222. The molecule has 72 valence electrons. The molecule has 1 rings (SSSR count). The smallest absolute Gasteiger partial charge is 0.190 e. The van der Waals surface area contributed by atoms with Crippen molar-refractivity contribution in [2.75, 3.05) is 6.54 Å². The second kappa shape index (κ2) is 4.15. The number of hydrazine groups is 3. The third-order valence-corrected chi connectivity index (χ3v) is 2.16.